The number of nitrogens with zero attached hydrogens (tertiary/aromatic N) is 2. The number of hydrogen-bond donors (Lipinski definition) is 2. The smallest absolute Gasteiger partial charge is 0.266 e. The minimum atomic E-state index is -3.91. The highest BCUT2D eigenvalue weighted by atomic mass is 127. The lowest BCUT2D eigenvalue weighted by atomic mass is 10.2. The van der Waals surface area contributed by atoms with Crippen LogP contribution in [0.15, 0.2) is 75.5 Å². The fourth-order valence-corrected chi connectivity index (χ4v) is 6.45. The summed E-state index contributed by atoms with van der Waals surface area (Å²) in [6.45, 7) is 0. The number of thioether (sulfide) groups is 1. The molecule has 8 nitrogen and oxygen atoms in total. The van der Waals surface area contributed by atoms with Crippen molar-refractivity contribution in [1.29, 1.82) is 0 Å². The van der Waals surface area contributed by atoms with Gasteiger partial charge in [0, 0.05) is 12.8 Å². The minimum Gasteiger partial charge on any atom is -0.325 e. The van der Waals surface area contributed by atoms with Gasteiger partial charge in [-0.2, -0.15) is 0 Å². The third kappa shape index (κ3) is 6.02. The summed E-state index contributed by atoms with van der Waals surface area (Å²) in [5.74, 6) is -0.866. The molecule has 3 N–H and O–H groups in total. The van der Waals surface area contributed by atoms with E-state index in [1.165, 1.54) is 53.1 Å². The summed E-state index contributed by atoms with van der Waals surface area (Å²) in [6, 6.07) is 14.5. The fraction of sp³-hybridized carbons (Fsp3) is 0.0455. The van der Waals surface area contributed by atoms with Crippen molar-refractivity contribution in [2.24, 2.45) is 5.14 Å². The van der Waals surface area contributed by atoms with Gasteiger partial charge in [0.15, 0.2) is 5.16 Å². The van der Waals surface area contributed by atoms with Crippen LogP contribution < -0.4 is 16.0 Å². The molecule has 0 aliphatic heterocycles. The van der Waals surface area contributed by atoms with Crippen molar-refractivity contribution in [2.75, 3.05) is 11.1 Å². The first kappa shape index (κ1) is 26.0. The number of nitrogens with one attached hydrogen (secondary N) is 1. The third-order valence-corrected chi connectivity index (χ3v) is 8.06. The lowest BCUT2D eigenvalue weighted by Crippen LogP contribution is -2.23. The Kier molecular flexibility index (Phi) is 7.80. The Labute approximate surface area is 230 Å². The third-order valence-electron chi connectivity index (χ3n) is 4.74. The number of benzene rings is 3. The highest BCUT2D eigenvalue weighted by molar-refractivity contribution is 14.1. The van der Waals surface area contributed by atoms with E-state index in [0.717, 1.165) is 18.9 Å². The van der Waals surface area contributed by atoms with Gasteiger partial charge in [-0.1, -0.05) is 11.8 Å². The average molecular weight is 736 g/mol. The van der Waals surface area contributed by atoms with Crippen LogP contribution in [0.3, 0.4) is 0 Å². The van der Waals surface area contributed by atoms with E-state index in [4.69, 9.17) is 5.14 Å². The van der Waals surface area contributed by atoms with Gasteiger partial charge in [0.1, 0.15) is 5.82 Å². The number of halogens is 3. The van der Waals surface area contributed by atoms with Gasteiger partial charge in [0.2, 0.25) is 15.9 Å². The lowest BCUT2D eigenvalue weighted by molar-refractivity contribution is -0.113. The number of fused-ring (bicyclic) bond motifs is 1. The zero-order chi connectivity index (χ0) is 25.3. The molecule has 1 amide bonds. The second kappa shape index (κ2) is 10.5. The van der Waals surface area contributed by atoms with E-state index >= 15 is 0 Å². The molecule has 3 aromatic carbocycles. The number of carbonyl (C=O) groups is 1. The molecular weight excluding hydrogens is 721 g/mol. The van der Waals surface area contributed by atoms with Crippen molar-refractivity contribution in [3.63, 3.8) is 0 Å². The van der Waals surface area contributed by atoms with E-state index in [0.29, 0.717) is 22.3 Å². The minimum absolute atomic E-state index is 0.0778. The molecule has 35 heavy (non-hydrogen) atoms. The molecule has 0 saturated heterocycles. The van der Waals surface area contributed by atoms with Crippen molar-refractivity contribution in [3.8, 4) is 5.69 Å². The van der Waals surface area contributed by atoms with Gasteiger partial charge < -0.3 is 5.32 Å². The van der Waals surface area contributed by atoms with Gasteiger partial charge >= 0.3 is 0 Å². The van der Waals surface area contributed by atoms with Crippen molar-refractivity contribution in [1.82, 2.24) is 9.55 Å². The van der Waals surface area contributed by atoms with E-state index in [-0.39, 0.29) is 27.3 Å². The SMILES string of the molecule is NS(=O)(=O)c1ccc(-n2c(SCC(=O)Nc3ccc(F)cc3)nc3c(I)cc(I)cc3c2=O)cc1. The summed E-state index contributed by atoms with van der Waals surface area (Å²) < 4.78 is 39.3. The van der Waals surface area contributed by atoms with Crippen LogP contribution in [0.2, 0.25) is 0 Å². The van der Waals surface area contributed by atoms with Gasteiger partial charge in [0.25, 0.3) is 5.56 Å². The number of primary sulfonamides is 1. The Balaban J connectivity index is 1.75. The van der Waals surface area contributed by atoms with Gasteiger partial charge in [-0.25, -0.2) is 22.9 Å². The molecule has 0 unspecified atom stereocenters. The van der Waals surface area contributed by atoms with Gasteiger partial charge in [0.05, 0.1) is 27.2 Å². The number of aromatic nitrogens is 2. The van der Waals surface area contributed by atoms with Crippen LogP contribution in [0, 0.1) is 13.0 Å². The van der Waals surface area contributed by atoms with Crippen molar-refractivity contribution < 1.29 is 17.6 Å². The number of anilines is 1. The molecule has 0 spiro atoms. The second-order valence-corrected chi connectivity index (χ2v) is 12.1. The number of rotatable bonds is 6. The van der Waals surface area contributed by atoms with Crippen LogP contribution in [0.25, 0.3) is 16.6 Å². The molecule has 1 aromatic heterocycles. The predicted octanol–water partition coefficient (Wildman–Crippen LogP) is 4.11. The first-order chi connectivity index (χ1) is 16.5. The zero-order valence-corrected chi connectivity index (χ0v) is 23.5. The quantitative estimate of drug-likeness (QED) is 0.175. The second-order valence-electron chi connectivity index (χ2n) is 7.20. The molecule has 0 atom stereocenters. The normalized spacial score (nSPS) is 11.5. The molecule has 0 aliphatic rings. The molecule has 1 heterocycles. The maximum Gasteiger partial charge on any atom is 0.266 e. The molecule has 0 saturated carbocycles. The first-order valence-corrected chi connectivity index (χ1v) is 14.4. The molecule has 0 bridgehead atoms. The number of amides is 1. The number of nitrogens with two attached hydrogens (primary N) is 1. The van der Waals surface area contributed by atoms with E-state index in [1.54, 1.807) is 6.07 Å². The topological polar surface area (TPSA) is 124 Å². The van der Waals surface area contributed by atoms with Gasteiger partial charge in [-0.3, -0.25) is 14.2 Å². The molecule has 13 heteroatoms. The molecular formula is C22H15FI2N4O4S2. The van der Waals surface area contributed by atoms with Crippen molar-refractivity contribution in [2.45, 2.75) is 10.1 Å². The monoisotopic (exact) mass is 736 g/mol. The van der Waals surface area contributed by atoms with Crippen molar-refractivity contribution >= 4 is 89.5 Å². The van der Waals surface area contributed by atoms with Crippen LogP contribution in [0.5, 0.6) is 0 Å². The van der Waals surface area contributed by atoms with Crippen LogP contribution in [-0.4, -0.2) is 29.6 Å². The molecule has 4 aromatic rings. The zero-order valence-electron chi connectivity index (χ0n) is 17.5. The molecule has 4 rings (SSSR count). The maximum absolute atomic E-state index is 13.5. The Hall–Kier alpha value is -2.08. The predicted molar refractivity (Wildman–Crippen MR) is 150 cm³/mol. The van der Waals surface area contributed by atoms with E-state index in [1.807, 2.05) is 6.07 Å². The number of carbonyl (C=O) groups excluding carboxylic acids is 1. The fourth-order valence-electron chi connectivity index (χ4n) is 3.17. The Bertz CT molecular complexity index is 1610. The van der Waals surface area contributed by atoms with E-state index in [9.17, 15) is 22.4 Å². The number of sulfonamides is 1. The van der Waals surface area contributed by atoms with Crippen molar-refractivity contribution in [3.05, 3.63) is 84.0 Å². The lowest BCUT2D eigenvalue weighted by Gasteiger charge is -2.14. The summed E-state index contributed by atoms with van der Waals surface area (Å²) in [5, 5.41) is 8.49. The largest absolute Gasteiger partial charge is 0.325 e. The molecule has 0 radical (unpaired) electrons. The van der Waals surface area contributed by atoms with Crippen LogP contribution in [0.4, 0.5) is 10.1 Å². The van der Waals surface area contributed by atoms with Crippen LogP contribution >= 0.6 is 56.9 Å². The summed E-state index contributed by atoms with van der Waals surface area (Å²) in [7, 11) is -3.91. The Morgan fingerprint density at radius 3 is 2.37 bits per heavy atom. The van der Waals surface area contributed by atoms with Gasteiger partial charge in [-0.15, -0.1) is 0 Å². The van der Waals surface area contributed by atoms with Crippen LogP contribution in [-0.2, 0) is 14.8 Å². The first-order valence-electron chi connectivity index (χ1n) is 9.76. The maximum atomic E-state index is 13.5. The Morgan fingerprint density at radius 1 is 1.09 bits per heavy atom. The van der Waals surface area contributed by atoms with E-state index < -0.39 is 15.8 Å². The summed E-state index contributed by atoms with van der Waals surface area (Å²) in [5.41, 5.74) is 0.932. The highest BCUT2D eigenvalue weighted by Crippen LogP contribution is 2.26. The van der Waals surface area contributed by atoms with Gasteiger partial charge in [-0.05, 0) is 106 Å². The van der Waals surface area contributed by atoms with Crippen LogP contribution in [0.1, 0.15) is 0 Å². The summed E-state index contributed by atoms with van der Waals surface area (Å²) in [6.07, 6.45) is 0. The summed E-state index contributed by atoms with van der Waals surface area (Å²) in [4.78, 5) is 30.6. The highest BCUT2D eigenvalue weighted by Gasteiger charge is 2.18. The average Bonchev–Trinajstić information content (AvgIpc) is 2.79. The number of hydrogen-bond acceptors (Lipinski definition) is 6. The van der Waals surface area contributed by atoms with E-state index in [2.05, 4.69) is 55.5 Å². The molecule has 0 fully saturated rings. The standard InChI is InChI=1S/C22H15FI2N4O4S2/c23-12-1-3-14(4-2-12)27-19(30)11-34-22-28-20-17(9-13(24)10-18(20)25)21(31)29(22)15-5-7-16(8-6-15)35(26,32)33/h1-10H,11H2,(H,27,30)(H2,26,32,33). The Morgan fingerprint density at radius 2 is 1.74 bits per heavy atom. The molecule has 180 valence electrons. The molecule has 0 aliphatic carbocycles. The summed E-state index contributed by atoms with van der Waals surface area (Å²) >= 11 is 5.26.